The highest BCUT2D eigenvalue weighted by molar-refractivity contribution is 7.91. The van der Waals surface area contributed by atoms with Crippen LogP contribution in [-0.2, 0) is 41.1 Å². The number of hydrogen-bond donors (Lipinski definition) is 2. The van der Waals surface area contributed by atoms with Gasteiger partial charge in [-0.25, -0.2) is 23.2 Å². The molecular formula is C23H28FN7O3S. The molecular weight excluding hydrogens is 473 g/mol. The minimum atomic E-state index is -3.59. The number of alkyl halides is 1. The molecule has 186 valence electrons. The van der Waals surface area contributed by atoms with Gasteiger partial charge in [0, 0.05) is 24.2 Å². The number of carbonyl (C=O) groups excluding carboxylic acids is 1. The van der Waals surface area contributed by atoms with Crippen LogP contribution in [0.25, 0.3) is 0 Å². The Hall–Kier alpha value is -2.57. The zero-order valence-electron chi connectivity index (χ0n) is 19.3. The van der Waals surface area contributed by atoms with Crippen molar-refractivity contribution in [3.05, 3.63) is 28.7 Å². The van der Waals surface area contributed by atoms with Crippen molar-refractivity contribution in [2.24, 2.45) is 9.50 Å². The topological polar surface area (TPSA) is 128 Å². The molecule has 3 N–H and O–H groups in total. The minimum Gasteiger partial charge on any atom is -0.475 e. The largest absolute Gasteiger partial charge is 0.475 e. The van der Waals surface area contributed by atoms with Gasteiger partial charge in [0.2, 0.25) is 5.88 Å². The maximum absolute atomic E-state index is 13.4. The molecule has 2 aliphatic heterocycles. The summed E-state index contributed by atoms with van der Waals surface area (Å²) in [6.07, 6.45) is 7.59. The first-order valence-electron chi connectivity index (χ1n) is 12.3. The summed E-state index contributed by atoms with van der Waals surface area (Å²) in [7, 11) is -3.59. The Bertz CT molecular complexity index is 1370. The molecule has 7 rings (SSSR count). The average molecular weight is 502 g/mol. The third-order valence-electron chi connectivity index (χ3n) is 8.24. The number of aromatic nitrogens is 3. The Balaban J connectivity index is 1.16. The number of amides is 2. The highest BCUT2D eigenvalue weighted by atomic mass is 32.2. The molecule has 1 saturated carbocycles. The fraction of sp³-hybridized carbons (Fsp3) is 0.609. The fourth-order valence-corrected chi connectivity index (χ4v) is 7.12. The predicted molar refractivity (Wildman–Crippen MR) is 126 cm³/mol. The van der Waals surface area contributed by atoms with Crippen molar-refractivity contribution in [3.63, 3.8) is 0 Å². The second kappa shape index (κ2) is 7.47. The lowest BCUT2D eigenvalue weighted by molar-refractivity contribution is -0.0114. The monoisotopic (exact) mass is 501 g/mol. The first-order valence-corrected chi connectivity index (χ1v) is 13.9. The summed E-state index contributed by atoms with van der Waals surface area (Å²) in [6, 6.07) is -0.748. The summed E-state index contributed by atoms with van der Waals surface area (Å²) in [4.78, 5) is 20.1. The molecule has 5 aliphatic rings. The van der Waals surface area contributed by atoms with Gasteiger partial charge in [-0.2, -0.15) is 5.10 Å². The number of nitrogens with one attached hydrogen (secondary N) is 1. The van der Waals surface area contributed by atoms with Crippen LogP contribution in [0.3, 0.4) is 0 Å². The molecule has 10 nitrogen and oxygen atoms in total. The molecule has 4 heterocycles. The van der Waals surface area contributed by atoms with Crippen molar-refractivity contribution in [1.82, 2.24) is 19.7 Å². The Morgan fingerprint density at radius 1 is 1.23 bits per heavy atom. The van der Waals surface area contributed by atoms with E-state index in [2.05, 4.69) is 14.8 Å². The van der Waals surface area contributed by atoms with E-state index in [1.165, 1.54) is 6.20 Å². The first kappa shape index (κ1) is 21.7. The van der Waals surface area contributed by atoms with Gasteiger partial charge in [0.15, 0.2) is 9.92 Å². The summed E-state index contributed by atoms with van der Waals surface area (Å²) < 4.78 is 37.9. The summed E-state index contributed by atoms with van der Waals surface area (Å²) in [5.41, 5.74) is 5.37. The normalized spacial score (nSPS) is 25.7. The molecule has 3 aliphatic carbocycles. The lowest BCUT2D eigenvalue weighted by Gasteiger charge is -2.41. The Labute approximate surface area is 202 Å². The number of likely N-dealkylation sites (tertiary alicyclic amines) is 1. The SMILES string of the molecule is NS(=O)(=NC(=O)Nc1c2c(nc3c1CCC31CC1)CCC2)c1cnn2c1OCC(N1CC(F)C1)C2. The number of carbonyl (C=O) groups is 1. The summed E-state index contributed by atoms with van der Waals surface area (Å²) >= 11 is 0. The van der Waals surface area contributed by atoms with Crippen LogP contribution in [0, 0.1) is 0 Å². The van der Waals surface area contributed by atoms with Crippen LogP contribution >= 0.6 is 0 Å². The van der Waals surface area contributed by atoms with Gasteiger partial charge in [0.1, 0.15) is 17.7 Å². The Kier molecular flexibility index (Phi) is 4.63. The van der Waals surface area contributed by atoms with Gasteiger partial charge in [-0.3, -0.25) is 9.88 Å². The van der Waals surface area contributed by atoms with E-state index in [1.807, 2.05) is 4.90 Å². The lowest BCUT2D eigenvalue weighted by Crippen LogP contribution is -2.57. The number of rotatable bonds is 3. The van der Waals surface area contributed by atoms with E-state index >= 15 is 0 Å². The molecule has 35 heavy (non-hydrogen) atoms. The maximum atomic E-state index is 13.4. The molecule has 0 radical (unpaired) electrons. The molecule has 12 heteroatoms. The third kappa shape index (κ3) is 3.40. The van der Waals surface area contributed by atoms with Gasteiger partial charge >= 0.3 is 6.03 Å². The number of aryl methyl sites for hydroxylation is 1. The predicted octanol–water partition coefficient (Wildman–Crippen LogP) is 2.09. The van der Waals surface area contributed by atoms with E-state index < -0.39 is 22.1 Å². The zero-order valence-corrected chi connectivity index (χ0v) is 20.2. The van der Waals surface area contributed by atoms with Crippen molar-refractivity contribution < 1.29 is 18.1 Å². The van der Waals surface area contributed by atoms with Gasteiger partial charge in [-0.15, -0.1) is 4.36 Å². The number of nitrogens with zero attached hydrogens (tertiary/aromatic N) is 5. The standard InChI is InChI=1S/C23H28FN7O3S/c24-13-9-30(10-13)14-11-31-21(34-12-14)18(8-26-31)35(25,33)29-22(32)28-19-15-2-1-3-17(15)27-20-16(19)4-5-23(20)6-7-23/h8,13-14H,1-7,9-12H2,(H3,25,27,28,29,32,33). The van der Waals surface area contributed by atoms with Gasteiger partial charge in [-0.1, -0.05) is 0 Å². The highest BCUT2D eigenvalue weighted by Gasteiger charge is 2.51. The number of fused-ring (bicyclic) bond motifs is 4. The molecule has 2 fully saturated rings. The smallest absolute Gasteiger partial charge is 0.354 e. The molecule has 0 bridgehead atoms. The first-order chi connectivity index (χ1) is 16.8. The van der Waals surface area contributed by atoms with E-state index in [4.69, 9.17) is 14.9 Å². The van der Waals surface area contributed by atoms with Crippen LogP contribution in [0.5, 0.6) is 5.88 Å². The molecule has 2 unspecified atom stereocenters. The van der Waals surface area contributed by atoms with Gasteiger partial charge in [0.25, 0.3) is 0 Å². The molecule has 1 saturated heterocycles. The molecule has 2 atom stereocenters. The summed E-state index contributed by atoms with van der Waals surface area (Å²) in [5.74, 6) is 0.254. The lowest BCUT2D eigenvalue weighted by atomic mass is 10.0. The van der Waals surface area contributed by atoms with Gasteiger partial charge < -0.3 is 10.1 Å². The van der Waals surface area contributed by atoms with Gasteiger partial charge in [0.05, 0.1) is 30.2 Å². The van der Waals surface area contributed by atoms with Crippen LogP contribution in [0.1, 0.15) is 48.2 Å². The Morgan fingerprint density at radius 2 is 2.06 bits per heavy atom. The van der Waals surface area contributed by atoms with Crippen molar-refractivity contribution in [2.75, 3.05) is 25.0 Å². The number of halogens is 1. The molecule has 2 aromatic heterocycles. The number of ether oxygens (including phenoxy) is 1. The van der Waals surface area contributed by atoms with E-state index in [0.29, 0.717) is 26.2 Å². The number of urea groups is 1. The molecule has 2 aromatic rings. The van der Waals surface area contributed by atoms with Crippen molar-refractivity contribution in [3.8, 4) is 5.88 Å². The fourth-order valence-electron chi connectivity index (χ4n) is 6.11. The van der Waals surface area contributed by atoms with Crippen LogP contribution in [-0.4, -0.2) is 61.8 Å². The number of pyridine rings is 1. The summed E-state index contributed by atoms with van der Waals surface area (Å²) in [5, 5.41) is 13.3. The molecule has 0 aromatic carbocycles. The molecule has 2 amide bonds. The third-order valence-corrected chi connectivity index (χ3v) is 9.58. The minimum absolute atomic E-state index is 0.0121. The number of anilines is 1. The second-order valence-corrected chi connectivity index (χ2v) is 12.2. The van der Waals surface area contributed by atoms with Crippen LogP contribution in [0.2, 0.25) is 0 Å². The van der Waals surface area contributed by atoms with Crippen molar-refractivity contribution in [2.45, 2.75) is 74.0 Å². The summed E-state index contributed by atoms with van der Waals surface area (Å²) in [6.45, 7) is 1.54. The quantitative estimate of drug-likeness (QED) is 0.663. The zero-order chi connectivity index (χ0) is 23.9. The van der Waals surface area contributed by atoms with Crippen molar-refractivity contribution in [1.29, 1.82) is 0 Å². The van der Waals surface area contributed by atoms with Crippen LogP contribution in [0.15, 0.2) is 15.5 Å². The van der Waals surface area contributed by atoms with Crippen LogP contribution < -0.4 is 15.2 Å². The number of hydrogen-bond acceptors (Lipinski definition) is 6. The highest BCUT2D eigenvalue weighted by Crippen LogP contribution is 2.58. The van der Waals surface area contributed by atoms with Crippen LogP contribution in [0.4, 0.5) is 14.9 Å². The van der Waals surface area contributed by atoms with E-state index in [1.54, 1.807) is 4.68 Å². The average Bonchev–Trinajstić information content (AvgIpc) is 3.12. The Morgan fingerprint density at radius 3 is 2.83 bits per heavy atom. The second-order valence-electron chi connectivity index (χ2n) is 10.5. The molecule has 1 spiro atoms. The van der Waals surface area contributed by atoms with E-state index in [9.17, 15) is 13.4 Å². The van der Waals surface area contributed by atoms with E-state index in [0.717, 1.165) is 73.1 Å². The van der Waals surface area contributed by atoms with Crippen molar-refractivity contribution >= 4 is 21.6 Å². The maximum Gasteiger partial charge on any atom is 0.354 e. The van der Waals surface area contributed by atoms with E-state index in [-0.39, 0.29) is 22.2 Å². The number of nitrogens with two attached hydrogens (primary N) is 1. The van der Waals surface area contributed by atoms with Gasteiger partial charge in [-0.05, 0) is 56.1 Å².